The fourth-order valence-corrected chi connectivity index (χ4v) is 7.74. The minimum Gasteiger partial charge on any atom is -0.455 e. The Kier molecular flexibility index (Phi) is 7.99. The van der Waals surface area contributed by atoms with Crippen LogP contribution in [0.15, 0.2) is 77.2 Å². The molecule has 0 atom stereocenters. The minimum absolute atomic E-state index is 0.204. The molecule has 0 aliphatic carbocycles. The number of aromatic nitrogens is 3. The van der Waals surface area contributed by atoms with Crippen LogP contribution in [0.4, 0.5) is 10.1 Å². The van der Waals surface area contributed by atoms with E-state index in [2.05, 4.69) is 23.2 Å². The number of amides is 1. The number of pyridine rings is 1. The standard InChI is InChI=1S/C39H34FN7O5S/c1-39(51-4)20-46(21-39)19-34-43-29-14-13-28(44-36(29)32-16-25-23(18-41)7-6-8-30(25)47(32)34)26-15-27-33(17-31(26)45(3)53(5,49)50)52-37(35(27)38(48)42-2)22-9-11-24(40)12-10-22/h6-17H,19-21H2,1-5H3,(H,42,48). The number of halogens is 1. The SMILES string of the molecule is CNC(=O)c1c(-c2ccc(F)cc2)oc2cc(N(C)S(C)(=O)=O)c(-c3ccc4nc(CN5CC(C)(OC)C5)n5c6cccc(C#N)c6cc5c4n3)cc12. The molecule has 1 saturated heterocycles. The number of carbonyl (C=O) groups is 1. The van der Waals surface area contributed by atoms with Crippen LogP contribution in [0, 0.1) is 17.1 Å². The lowest BCUT2D eigenvalue weighted by atomic mass is 9.96. The second-order valence-electron chi connectivity index (χ2n) is 13.6. The zero-order valence-electron chi connectivity index (χ0n) is 29.6. The van der Waals surface area contributed by atoms with Crippen LogP contribution < -0.4 is 9.62 Å². The van der Waals surface area contributed by atoms with Crippen molar-refractivity contribution < 1.29 is 26.8 Å². The molecule has 268 valence electrons. The van der Waals surface area contributed by atoms with Crippen molar-refractivity contribution in [3.05, 3.63) is 95.6 Å². The Bertz CT molecular complexity index is 2800. The Balaban J connectivity index is 1.38. The van der Waals surface area contributed by atoms with Gasteiger partial charge in [0.15, 0.2) is 0 Å². The quantitative estimate of drug-likeness (QED) is 0.196. The lowest BCUT2D eigenvalue weighted by molar-refractivity contribution is -0.115. The smallest absolute Gasteiger partial charge is 0.255 e. The first-order valence-corrected chi connectivity index (χ1v) is 18.6. The average molecular weight is 732 g/mol. The summed E-state index contributed by atoms with van der Waals surface area (Å²) in [5.74, 6) is 0.0872. The van der Waals surface area contributed by atoms with E-state index in [1.165, 1.54) is 38.4 Å². The van der Waals surface area contributed by atoms with Gasteiger partial charge in [0, 0.05) is 62.3 Å². The molecule has 1 aliphatic heterocycles. The second kappa shape index (κ2) is 12.4. The molecule has 7 aromatic rings. The van der Waals surface area contributed by atoms with E-state index in [0.717, 1.165) is 45.9 Å². The van der Waals surface area contributed by atoms with E-state index >= 15 is 0 Å². The molecule has 14 heteroatoms. The molecule has 4 aromatic heterocycles. The number of benzene rings is 3. The number of nitrogens with one attached hydrogen (secondary N) is 1. The molecule has 1 amide bonds. The Morgan fingerprint density at radius 1 is 1.08 bits per heavy atom. The molecule has 0 radical (unpaired) electrons. The number of rotatable bonds is 8. The summed E-state index contributed by atoms with van der Waals surface area (Å²) in [5.41, 5.74) is 4.99. The molecule has 12 nitrogen and oxygen atoms in total. The van der Waals surface area contributed by atoms with E-state index in [1.807, 2.05) is 28.7 Å². The summed E-state index contributed by atoms with van der Waals surface area (Å²) in [4.78, 5) is 25.9. The molecule has 5 heterocycles. The zero-order chi connectivity index (χ0) is 37.4. The number of furan rings is 1. The maximum Gasteiger partial charge on any atom is 0.255 e. The van der Waals surface area contributed by atoms with E-state index in [1.54, 1.807) is 31.4 Å². The van der Waals surface area contributed by atoms with Crippen LogP contribution in [0.25, 0.3) is 61.0 Å². The van der Waals surface area contributed by atoms with Gasteiger partial charge in [-0.05, 0) is 67.6 Å². The number of hydrogen-bond acceptors (Lipinski definition) is 9. The molecule has 8 rings (SSSR count). The fourth-order valence-electron chi connectivity index (χ4n) is 7.23. The third kappa shape index (κ3) is 5.64. The van der Waals surface area contributed by atoms with Gasteiger partial charge in [0.1, 0.15) is 28.5 Å². The van der Waals surface area contributed by atoms with Crippen molar-refractivity contribution in [1.29, 1.82) is 5.26 Å². The maximum absolute atomic E-state index is 13.9. The van der Waals surface area contributed by atoms with Gasteiger partial charge in [-0.25, -0.2) is 22.8 Å². The lowest BCUT2D eigenvalue weighted by Gasteiger charge is -2.46. The molecule has 0 unspecified atom stereocenters. The Morgan fingerprint density at radius 2 is 1.83 bits per heavy atom. The topological polar surface area (TPSA) is 146 Å². The van der Waals surface area contributed by atoms with Crippen LogP contribution in [0.1, 0.15) is 28.7 Å². The Hall–Kier alpha value is -5.88. The third-order valence-electron chi connectivity index (χ3n) is 10.0. The molecular weight excluding hydrogens is 698 g/mol. The van der Waals surface area contributed by atoms with Crippen molar-refractivity contribution in [1.82, 2.24) is 24.6 Å². The number of hydrogen-bond donors (Lipinski definition) is 1. The highest BCUT2D eigenvalue weighted by Crippen LogP contribution is 2.42. The Labute approximate surface area is 304 Å². The van der Waals surface area contributed by atoms with E-state index in [0.29, 0.717) is 45.3 Å². The molecule has 53 heavy (non-hydrogen) atoms. The van der Waals surface area contributed by atoms with Gasteiger partial charge in [0.2, 0.25) is 10.0 Å². The highest BCUT2D eigenvalue weighted by atomic mass is 32.2. The highest BCUT2D eigenvalue weighted by Gasteiger charge is 2.39. The number of nitriles is 1. The van der Waals surface area contributed by atoms with Crippen molar-refractivity contribution in [2.75, 3.05) is 44.9 Å². The first-order chi connectivity index (χ1) is 25.3. The molecular formula is C39H34FN7O5S. The van der Waals surface area contributed by atoms with Crippen molar-refractivity contribution in [2.24, 2.45) is 0 Å². The van der Waals surface area contributed by atoms with Crippen LogP contribution in [-0.2, 0) is 21.3 Å². The zero-order valence-corrected chi connectivity index (χ0v) is 30.4. The van der Waals surface area contributed by atoms with Gasteiger partial charge in [0.05, 0.1) is 63.5 Å². The predicted octanol–water partition coefficient (Wildman–Crippen LogP) is 6.10. The monoisotopic (exact) mass is 731 g/mol. The third-order valence-corrected chi connectivity index (χ3v) is 11.2. The summed E-state index contributed by atoms with van der Waals surface area (Å²) >= 11 is 0. The van der Waals surface area contributed by atoms with Gasteiger partial charge < -0.3 is 14.5 Å². The van der Waals surface area contributed by atoms with Crippen LogP contribution in [-0.4, -0.2) is 79.7 Å². The van der Waals surface area contributed by atoms with Gasteiger partial charge in [-0.2, -0.15) is 5.26 Å². The van der Waals surface area contributed by atoms with Gasteiger partial charge >= 0.3 is 0 Å². The van der Waals surface area contributed by atoms with Crippen molar-refractivity contribution in [2.45, 2.75) is 19.1 Å². The van der Waals surface area contributed by atoms with Gasteiger partial charge in [0.25, 0.3) is 5.91 Å². The molecule has 1 aliphatic rings. The van der Waals surface area contributed by atoms with Gasteiger partial charge in [-0.15, -0.1) is 0 Å². The number of fused-ring (bicyclic) bond motifs is 6. The second-order valence-corrected chi connectivity index (χ2v) is 15.6. The van der Waals surface area contributed by atoms with Gasteiger partial charge in [-0.1, -0.05) is 6.07 Å². The number of ether oxygens (including phenoxy) is 1. The van der Waals surface area contributed by atoms with Crippen molar-refractivity contribution in [3.63, 3.8) is 0 Å². The number of anilines is 1. The summed E-state index contributed by atoms with van der Waals surface area (Å²) in [5, 5.41) is 13.8. The summed E-state index contributed by atoms with van der Waals surface area (Å²) in [6.45, 7) is 4.07. The predicted molar refractivity (Wildman–Crippen MR) is 201 cm³/mol. The Morgan fingerprint density at radius 3 is 2.51 bits per heavy atom. The lowest BCUT2D eigenvalue weighted by Crippen LogP contribution is -2.60. The largest absolute Gasteiger partial charge is 0.455 e. The van der Waals surface area contributed by atoms with Crippen molar-refractivity contribution >= 4 is 60.0 Å². The summed E-state index contributed by atoms with van der Waals surface area (Å²) in [7, 11) is 0.863. The molecule has 0 spiro atoms. The first kappa shape index (κ1) is 34.2. The minimum atomic E-state index is -3.78. The van der Waals surface area contributed by atoms with E-state index in [-0.39, 0.29) is 28.2 Å². The summed E-state index contributed by atoms with van der Waals surface area (Å²) in [6, 6.07) is 22.2. The first-order valence-electron chi connectivity index (χ1n) is 16.8. The number of likely N-dealkylation sites (tertiary alicyclic amines) is 1. The number of nitrogens with zero attached hydrogens (tertiary/aromatic N) is 6. The van der Waals surface area contributed by atoms with E-state index in [9.17, 15) is 22.9 Å². The van der Waals surface area contributed by atoms with Crippen LogP contribution in [0.5, 0.6) is 0 Å². The van der Waals surface area contributed by atoms with Crippen molar-refractivity contribution in [3.8, 4) is 28.7 Å². The average Bonchev–Trinajstić information content (AvgIpc) is 3.72. The molecule has 0 bridgehead atoms. The fraction of sp³-hybridized carbons (Fsp3) is 0.231. The van der Waals surface area contributed by atoms with Crippen LogP contribution in [0.3, 0.4) is 0 Å². The van der Waals surface area contributed by atoms with Gasteiger partial charge in [-0.3, -0.25) is 18.4 Å². The number of methoxy groups -OCH3 is 1. The van der Waals surface area contributed by atoms with Crippen LogP contribution >= 0.6 is 0 Å². The summed E-state index contributed by atoms with van der Waals surface area (Å²) < 4.78 is 55.0. The maximum atomic E-state index is 13.9. The number of carbonyl (C=O) groups excluding carboxylic acids is 1. The molecule has 3 aromatic carbocycles. The summed E-state index contributed by atoms with van der Waals surface area (Å²) in [6.07, 6.45) is 1.10. The van der Waals surface area contributed by atoms with E-state index in [4.69, 9.17) is 19.1 Å². The molecule has 0 saturated carbocycles. The normalized spacial score (nSPS) is 14.5. The molecule has 1 fully saturated rings. The molecule has 1 N–H and O–H groups in total. The number of sulfonamides is 1. The van der Waals surface area contributed by atoms with Crippen LogP contribution in [0.2, 0.25) is 0 Å². The highest BCUT2D eigenvalue weighted by molar-refractivity contribution is 7.92. The van der Waals surface area contributed by atoms with E-state index < -0.39 is 21.7 Å².